The fourth-order valence-corrected chi connectivity index (χ4v) is 2.81. The lowest BCUT2D eigenvalue weighted by Crippen LogP contribution is -2.46. The summed E-state index contributed by atoms with van der Waals surface area (Å²) in [6.45, 7) is 3.14. The number of rotatable bonds is 4. The third-order valence-electron chi connectivity index (χ3n) is 3.97. The maximum Gasteiger partial charge on any atom is 0.274 e. The molecule has 0 spiro atoms. The fraction of sp³-hybridized carbons (Fsp3) is 0.438. The Bertz CT molecular complexity index is 734. The van der Waals surface area contributed by atoms with Crippen LogP contribution in [-0.4, -0.2) is 34.3 Å². The standard InChI is InChI=1S/C16H20N4O2/c1-11(19-15(21)14-7-4-8-17-14)10-20-16(22)13-6-3-2-5-12(13)9-18-20/h2-3,5-6,9,11,14,17H,4,7-8,10H2,1H3,(H,19,21)/t11-,14-/m0/s1. The van der Waals surface area contributed by atoms with Gasteiger partial charge in [-0.1, -0.05) is 18.2 Å². The van der Waals surface area contributed by atoms with Crippen molar-refractivity contribution in [3.63, 3.8) is 0 Å². The summed E-state index contributed by atoms with van der Waals surface area (Å²) in [6, 6.07) is 7.12. The lowest BCUT2D eigenvalue weighted by Gasteiger charge is -2.17. The van der Waals surface area contributed by atoms with E-state index < -0.39 is 0 Å². The minimum atomic E-state index is -0.152. The molecule has 2 N–H and O–H groups in total. The lowest BCUT2D eigenvalue weighted by atomic mass is 10.2. The van der Waals surface area contributed by atoms with Crippen molar-refractivity contribution >= 4 is 16.7 Å². The molecule has 116 valence electrons. The second-order valence-electron chi connectivity index (χ2n) is 5.78. The molecule has 0 unspecified atom stereocenters. The van der Waals surface area contributed by atoms with E-state index in [-0.39, 0.29) is 23.6 Å². The van der Waals surface area contributed by atoms with E-state index in [9.17, 15) is 9.59 Å². The van der Waals surface area contributed by atoms with E-state index in [0.29, 0.717) is 11.9 Å². The molecule has 1 aliphatic heterocycles. The Hall–Kier alpha value is -2.21. The number of amides is 1. The third-order valence-corrected chi connectivity index (χ3v) is 3.97. The van der Waals surface area contributed by atoms with Gasteiger partial charge < -0.3 is 10.6 Å². The molecule has 22 heavy (non-hydrogen) atoms. The quantitative estimate of drug-likeness (QED) is 0.869. The van der Waals surface area contributed by atoms with Crippen LogP contribution in [0.3, 0.4) is 0 Å². The van der Waals surface area contributed by atoms with Crippen LogP contribution in [0.2, 0.25) is 0 Å². The Balaban J connectivity index is 1.71. The Labute approximate surface area is 128 Å². The molecule has 1 fully saturated rings. The van der Waals surface area contributed by atoms with Gasteiger partial charge in [-0.25, -0.2) is 4.68 Å². The van der Waals surface area contributed by atoms with Crippen LogP contribution < -0.4 is 16.2 Å². The Morgan fingerprint density at radius 1 is 1.50 bits per heavy atom. The molecule has 0 bridgehead atoms. The number of carbonyl (C=O) groups excluding carboxylic acids is 1. The van der Waals surface area contributed by atoms with Crippen molar-refractivity contribution in [2.24, 2.45) is 0 Å². The van der Waals surface area contributed by atoms with Gasteiger partial charge in [0.15, 0.2) is 0 Å². The maximum absolute atomic E-state index is 12.4. The number of aromatic nitrogens is 2. The summed E-state index contributed by atoms with van der Waals surface area (Å²) in [5.41, 5.74) is -0.127. The largest absolute Gasteiger partial charge is 0.350 e. The first-order chi connectivity index (χ1) is 10.6. The van der Waals surface area contributed by atoms with Crippen LogP contribution in [0.15, 0.2) is 35.3 Å². The van der Waals surface area contributed by atoms with Gasteiger partial charge in [0.05, 0.1) is 24.2 Å². The van der Waals surface area contributed by atoms with Crippen LogP contribution in [0.5, 0.6) is 0 Å². The summed E-state index contributed by atoms with van der Waals surface area (Å²) in [5, 5.41) is 11.8. The molecule has 0 radical (unpaired) electrons. The van der Waals surface area contributed by atoms with E-state index in [4.69, 9.17) is 0 Å². The van der Waals surface area contributed by atoms with Crippen molar-refractivity contribution in [1.82, 2.24) is 20.4 Å². The number of nitrogens with zero attached hydrogens (tertiary/aromatic N) is 2. The van der Waals surface area contributed by atoms with E-state index in [1.165, 1.54) is 4.68 Å². The van der Waals surface area contributed by atoms with Crippen molar-refractivity contribution in [2.75, 3.05) is 6.54 Å². The van der Waals surface area contributed by atoms with Crippen molar-refractivity contribution in [3.05, 3.63) is 40.8 Å². The highest BCUT2D eigenvalue weighted by molar-refractivity contribution is 5.82. The highest BCUT2D eigenvalue weighted by Gasteiger charge is 2.23. The highest BCUT2D eigenvalue weighted by atomic mass is 16.2. The summed E-state index contributed by atoms with van der Waals surface area (Å²) in [6.07, 6.45) is 3.58. The van der Waals surface area contributed by atoms with Crippen molar-refractivity contribution in [3.8, 4) is 0 Å². The van der Waals surface area contributed by atoms with E-state index in [1.54, 1.807) is 12.3 Å². The van der Waals surface area contributed by atoms with Crippen LogP contribution in [0.25, 0.3) is 10.8 Å². The monoisotopic (exact) mass is 300 g/mol. The first-order valence-electron chi connectivity index (χ1n) is 7.64. The maximum atomic E-state index is 12.4. The predicted octanol–water partition coefficient (Wildman–Crippen LogP) is 0.653. The zero-order chi connectivity index (χ0) is 15.5. The van der Waals surface area contributed by atoms with Gasteiger partial charge in [0.2, 0.25) is 5.91 Å². The molecular formula is C16H20N4O2. The smallest absolute Gasteiger partial charge is 0.274 e. The molecule has 6 heteroatoms. The molecule has 2 atom stereocenters. The van der Waals surface area contributed by atoms with Gasteiger partial charge in [-0.2, -0.15) is 5.10 Å². The molecule has 0 aliphatic carbocycles. The van der Waals surface area contributed by atoms with Crippen LogP contribution in [0, 0.1) is 0 Å². The summed E-state index contributed by atoms with van der Waals surface area (Å²) in [4.78, 5) is 24.4. The topological polar surface area (TPSA) is 76.0 Å². The van der Waals surface area contributed by atoms with E-state index in [0.717, 1.165) is 24.8 Å². The normalized spacial score (nSPS) is 19.2. The van der Waals surface area contributed by atoms with Gasteiger partial charge in [0.25, 0.3) is 5.56 Å². The second kappa shape index (κ2) is 6.27. The van der Waals surface area contributed by atoms with Crippen LogP contribution in [0.4, 0.5) is 0 Å². The van der Waals surface area contributed by atoms with Crippen LogP contribution >= 0.6 is 0 Å². The minimum Gasteiger partial charge on any atom is -0.350 e. The van der Waals surface area contributed by atoms with Crippen molar-refractivity contribution in [2.45, 2.75) is 38.4 Å². The number of nitrogens with one attached hydrogen (secondary N) is 2. The number of hydrogen-bond donors (Lipinski definition) is 2. The zero-order valence-corrected chi connectivity index (χ0v) is 12.6. The number of hydrogen-bond acceptors (Lipinski definition) is 4. The molecule has 1 saturated heterocycles. The van der Waals surface area contributed by atoms with Gasteiger partial charge in [-0.15, -0.1) is 0 Å². The van der Waals surface area contributed by atoms with Crippen molar-refractivity contribution in [1.29, 1.82) is 0 Å². The van der Waals surface area contributed by atoms with Gasteiger partial charge in [0.1, 0.15) is 0 Å². The third kappa shape index (κ3) is 3.01. The average Bonchev–Trinajstić information content (AvgIpc) is 3.05. The molecular weight excluding hydrogens is 280 g/mol. The Kier molecular flexibility index (Phi) is 4.20. The first-order valence-corrected chi connectivity index (χ1v) is 7.64. The zero-order valence-electron chi connectivity index (χ0n) is 12.6. The molecule has 1 aromatic carbocycles. The lowest BCUT2D eigenvalue weighted by molar-refractivity contribution is -0.123. The SMILES string of the molecule is C[C@@H](Cn1ncc2ccccc2c1=O)NC(=O)[C@@H]1CCCN1. The number of carbonyl (C=O) groups is 1. The van der Waals surface area contributed by atoms with Crippen LogP contribution in [0.1, 0.15) is 19.8 Å². The molecule has 2 heterocycles. The van der Waals surface area contributed by atoms with Crippen molar-refractivity contribution < 1.29 is 4.79 Å². The van der Waals surface area contributed by atoms with E-state index >= 15 is 0 Å². The summed E-state index contributed by atoms with van der Waals surface area (Å²) >= 11 is 0. The highest BCUT2D eigenvalue weighted by Crippen LogP contribution is 2.07. The molecule has 2 aromatic rings. The Morgan fingerprint density at radius 3 is 3.09 bits per heavy atom. The minimum absolute atomic E-state index is 0.00108. The Morgan fingerprint density at radius 2 is 2.32 bits per heavy atom. The van der Waals surface area contributed by atoms with Crippen LogP contribution in [-0.2, 0) is 11.3 Å². The predicted molar refractivity (Wildman–Crippen MR) is 84.6 cm³/mol. The molecule has 6 nitrogen and oxygen atoms in total. The van der Waals surface area contributed by atoms with Gasteiger partial charge in [-0.05, 0) is 32.4 Å². The van der Waals surface area contributed by atoms with Gasteiger partial charge >= 0.3 is 0 Å². The molecule has 1 aromatic heterocycles. The van der Waals surface area contributed by atoms with Gasteiger partial charge in [-0.3, -0.25) is 9.59 Å². The molecule has 1 amide bonds. The fourth-order valence-electron chi connectivity index (χ4n) is 2.81. The molecule has 0 saturated carbocycles. The summed E-state index contributed by atoms with van der Waals surface area (Å²) < 4.78 is 1.41. The molecule has 1 aliphatic rings. The number of fused-ring (bicyclic) bond motifs is 1. The summed E-state index contributed by atoms with van der Waals surface area (Å²) in [5.74, 6) is -0.00108. The average molecular weight is 300 g/mol. The first kappa shape index (κ1) is 14.7. The van der Waals surface area contributed by atoms with Gasteiger partial charge in [0, 0.05) is 11.4 Å². The molecule has 3 rings (SSSR count). The number of benzene rings is 1. The second-order valence-corrected chi connectivity index (χ2v) is 5.78. The van der Waals surface area contributed by atoms with E-state index in [2.05, 4.69) is 15.7 Å². The van der Waals surface area contributed by atoms with E-state index in [1.807, 2.05) is 25.1 Å². The summed E-state index contributed by atoms with van der Waals surface area (Å²) in [7, 11) is 0.